The zero-order chi connectivity index (χ0) is 12.1. The summed E-state index contributed by atoms with van der Waals surface area (Å²) < 4.78 is 0. The van der Waals surface area contributed by atoms with Crippen molar-refractivity contribution in [2.24, 2.45) is 10.2 Å². The van der Waals surface area contributed by atoms with E-state index in [-0.39, 0.29) is 17.2 Å². The lowest BCUT2D eigenvalue weighted by molar-refractivity contribution is -0.113. The summed E-state index contributed by atoms with van der Waals surface area (Å²) in [5.74, 6) is -0.483. The highest BCUT2D eigenvalue weighted by molar-refractivity contribution is 6.30. The van der Waals surface area contributed by atoms with Crippen molar-refractivity contribution < 1.29 is 9.90 Å². The molecule has 0 aliphatic heterocycles. The first-order valence-corrected chi connectivity index (χ1v) is 4.96. The van der Waals surface area contributed by atoms with Crippen molar-refractivity contribution in [2.45, 2.75) is 13.8 Å². The van der Waals surface area contributed by atoms with Gasteiger partial charge in [-0.2, -0.15) is 5.11 Å². The van der Waals surface area contributed by atoms with Crippen LogP contribution in [0, 0.1) is 0 Å². The van der Waals surface area contributed by atoms with E-state index in [1.807, 2.05) is 0 Å². The molecule has 0 aliphatic rings. The Morgan fingerprint density at radius 2 is 1.81 bits per heavy atom. The van der Waals surface area contributed by atoms with Gasteiger partial charge in [-0.15, -0.1) is 5.11 Å². The molecule has 4 nitrogen and oxygen atoms in total. The second-order valence-corrected chi connectivity index (χ2v) is 3.60. The molecule has 0 saturated carbocycles. The summed E-state index contributed by atoms with van der Waals surface area (Å²) in [4.78, 5) is 11.1. The molecule has 0 atom stereocenters. The van der Waals surface area contributed by atoms with Crippen molar-refractivity contribution in [3.8, 4) is 0 Å². The third-order valence-electron chi connectivity index (χ3n) is 1.77. The maximum Gasteiger partial charge on any atom is 0.183 e. The Bertz CT molecular complexity index is 446. The topological polar surface area (TPSA) is 62.0 Å². The van der Waals surface area contributed by atoms with Crippen LogP contribution in [0.3, 0.4) is 0 Å². The first kappa shape index (κ1) is 12.4. The van der Waals surface area contributed by atoms with Crippen LogP contribution in [0.2, 0.25) is 5.02 Å². The summed E-state index contributed by atoms with van der Waals surface area (Å²) in [6, 6.07) is 6.66. The quantitative estimate of drug-likeness (QED) is 0.495. The van der Waals surface area contributed by atoms with Crippen molar-refractivity contribution in [1.82, 2.24) is 0 Å². The Balaban J connectivity index is 2.92. The monoisotopic (exact) mass is 238 g/mol. The zero-order valence-electron chi connectivity index (χ0n) is 8.94. The van der Waals surface area contributed by atoms with E-state index in [4.69, 9.17) is 11.6 Å². The minimum atomic E-state index is -0.335. The predicted molar refractivity (Wildman–Crippen MR) is 62.0 cm³/mol. The van der Waals surface area contributed by atoms with E-state index in [2.05, 4.69) is 10.2 Å². The van der Waals surface area contributed by atoms with Gasteiger partial charge < -0.3 is 5.11 Å². The van der Waals surface area contributed by atoms with E-state index >= 15 is 0 Å². The molecule has 0 amide bonds. The third-order valence-corrected chi connectivity index (χ3v) is 2.02. The Morgan fingerprint density at radius 3 is 2.25 bits per heavy atom. The summed E-state index contributed by atoms with van der Waals surface area (Å²) in [5, 5.41) is 17.3. The molecule has 1 rings (SSSR count). The lowest BCUT2D eigenvalue weighted by atomic mass is 10.3. The molecule has 5 heteroatoms. The molecule has 0 unspecified atom stereocenters. The van der Waals surface area contributed by atoms with Gasteiger partial charge in [0.15, 0.2) is 11.5 Å². The van der Waals surface area contributed by atoms with E-state index in [0.29, 0.717) is 10.7 Å². The molecule has 1 N–H and O–H groups in total. The minimum Gasteiger partial charge on any atom is -0.510 e. The van der Waals surface area contributed by atoms with Gasteiger partial charge in [0.25, 0.3) is 0 Å². The van der Waals surface area contributed by atoms with Gasteiger partial charge in [-0.3, -0.25) is 4.79 Å². The fraction of sp³-hybridized carbons (Fsp3) is 0.182. The molecule has 0 heterocycles. The molecule has 1 aromatic rings. The van der Waals surface area contributed by atoms with Gasteiger partial charge in [-0.1, -0.05) is 11.6 Å². The first-order chi connectivity index (χ1) is 7.50. The lowest BCUT2D eigenvalue weighted by Crippen LogP contribution is -1.96. The van der Waals surface area contributed by atoms with Gasteiger partial charge in [0.1, 0.15) is 5.76 Å². The Labute approximate surface area is 98.3 Å². The smallest absolute Gasteiger partial charge is 0.183 e. The van der Waals surface area contributed by atoms with Crippen molar-refractivity contribution in [1.29, 1.82) is 0 Å². The van der Waals surface area contributed by atoms with Crippen molar-refractivity contribution >= 4 is 23.1 Å². The molecular formula is C11H11ClN2O2. The second-order valence-electron chi connectivity index (χ2n) is 3.17. The molecule has 0 radical (unpaired) electrons. The Hall–Kier alpha value is -1.68. The van der Waals surface area contributed by atoms with Crippen LogP contribution in [-0.2, 0) is 4.79 Å². The zero-order valence-corrected chi connectivity index (χ0v) is 9.69. The molecule has 0 bridgehead atoms. The maximum atomic E-state index is 11.1. The number of nitrogens with zero attached hydrogens (tertiary/aromatic N) is 2. The molecule has 0 aliphatic carbocycles. The molecule has 84 valence electrons. The molecule has 0 spiro atoms. The number of hydrogen-bond acceptors (Lipinski definition) is 4. The van der Waals surface area contributed by atoms with Crippen LogP contribution in [0.5, 0.6) is 0 Å². The van der Waals surface area contributed by atoms with E-state index in [1.165, 1.54) is 13.8 Å². The maximum absolute atomic E-state index is 11.1. The summed E-state index contributed by atoms with van der Waals surface area (Å²) in [5.41, 5.74) is 0.513. The van der Waals surface area contributed by atoms with Gasteiger partial charge in [0, 0.05) is 11.9 Å². The van der Waals surface area contributed by atoms with Crippen molar-refractivity contribution in [2.75, 3.05) is 0 Å². The number of hydrogen-bond donors (Lipinski definition) is 1. The molecular weight excluding hydrogens is 228 g/mol. The number of carbonyl (C=O) groups excluding carboxylic acids is 1. The van der Waals surface area contributed by atoms with Gasteiger partial charge in [-0.05, 0) is 31.2 Å². The fourth-order valence-electron chi connectivity index (χ4n) is 1.01. The molecule has 0 saturated heterocycles. The number of ketones is 1. The summed E-state index contributed by atoms with van der Waals surface area (Å²) in [7, 11) is 0. The van der Waals surface area contributed by atoms with Crippen LogP contribution in [0.15, 0.2) is 46.0 Å². The number of rotatable bonds is 3. The van der Waals surface area contributed by atoms with E-state index < -0.39 is 0 Å². The van der Waals surface area contributed by atoms with E-state index in [1.54, 1.807) is 24.3 Å². The number of carbonyl (C=O) groups is 1. The SMILES string of the molecule is CC(=O)C(N=Nc1ccc(Cl)cc1)=C(C)O. The van der Waals surface area contributed by atoms with Gasteiger partial charge in [-0.25, -0.2) is 0 Å². The number of Topliss-reactive ketones (excluding diaryl/α,β-unsaturated/α-hetero) is 1. The van der Waals surface area contributed by atoms with E-state index in [9.17, 15) is 9.90 Å². The number of aliphatic hydroxyl groups excluding tert-OH is 1. The van der Waals surface area contributed by atoms with Crippen LogP contribution in [0.4, 0.5) is 5.69 Å². The number of aliphatic hydroxyl groups is 1. The Kier molecular flexibility index (Phi) is 4.19. The molecule has 0 aromatic heterocycles. The van der Waals surface area contributed by atoms with Crippen LogP contribution in [0.25, 0.3) is 0 Å². The second kappa shape index (κ2) is 5.42. The third kappa shape index (κ3) is 3.47. The predicted octanol–water partition coefficient (Wildman–Crippen LogP) is 3.80. The number of allylic oxidation sites excluding steroid dienone is 2. The van der Waals surface area contributed by atoms with Crippen LogP contribution in [0.1, 0.15) is 13.8 Å². The van der Waals surface area contributed by atoms with Crippen molar-refractivity contribution in [3.63, 3.8) is 0 Å². The standard InChI is InChI=1S/C11H11ClN2O2/c1-7(15)11(8(2)16)14-13-10-5-3-9(12)4-6-10/h3-6,15H,1-2H3. The van der Waals surface area contributed by atoms with Crippen LogP contribution >= 0.6 is 11.6 Å². The molecule has 16 heavy (non-hydrogen) atoms. The highest BCUT2D eigenvalue weighted by Gasteiger charge is 2.06. The van der Waals surface area contributed by atoms with Gasteiger partial charge in [0.05, 0.1) is 5.69 Å². The average molecular weight is 239 g/mol. The van der Waals surface area contributed by atoms with E-state index in [0.717, 1.165) is 0 Å². The summed E-state index contributed by atoms with van der Waals surface area (Å²) in [6.07, 6.45) is 0. The van der Waals surface area contributed by atoms with Crippen LogP contribution < -0.4 is 0 Å². The minimum absolute atomic E-state index is 0.0463. The molecule has 0 fully saturated rings. The Morgan fingerprint density at radius 1 is 1.25 bits per heavy atom. The highest BCUT2D eigenvalue weighted by Crippen LogP contribution is 2.18. The first-order valence-electron chi connectivity index (χ1n) is 4.59. The highest BCUT2D eigenvalue weighted by atomic mass is 35.5. The number of benzene rings is 1. The van der Waals surface area contributed by atoms with Gasteiger partial charge >= 0.3 is 0 Å². The summed E-state index contributed by atoms with van der Waals surface area (Å²) >= 11 is 5.70. The largest absolute Gasteiger partial charge is 0.510 e. The van der Waals surface area contributed by atoms with Crippen molar-refractivity contribution in [3.05, 3.63) is 40.7 Å². The van der Waals surface area contributed by atoms with Gasteiger partial charge in [0.2, 0.25) is 0 Å². The average Bonchev–Trinajstić information content (AvgIpc) is 2.20. The van der Waals surface area contributed by atoms with Crippen LogP contribution in [-0.4, -0.2) is 10.9 Å². The summed E-state index contributed by atoms with van der Waals surface area (Å²) in [6.45, 7) is 2.70. The number of azo groups is 1. The number of halogens is 1. The normalized spacial score (nSPS) is 12.7. The fourth-order valence-corrected chi connectivity index (χ4v) is 1.14. The molecule has 1 aromatic carbocycles. The lowest BCUT2D eigenvalue weighted by Gasteiger charge is -1.96.